The Morgan fingerprint density at radius 2 is 1.75 bits per heavy atom. The highest BCUT2D eigenvalue weighted by Gasteiger charge is 2.64. The number of alkyl halides is 3. The van der Waals surface area contributed by atoms with Gasteiger partial charge in [-0.25, -0.2) is 14.0 Å². The first kappa shape index (κ1) is 19.5. The molecule has 0 spiro atoms. The Balaban J connectivity index is 3.34. The second-order valence-electron chi connectivity index (χ2n) is 4.92. The molecule has 1 atom stereocenters. The van der Waals surface area contributed by atoms with Gasteiger partial charge in [0.15, 0.2) is 0 Å². The molecule has 10 heteroatoms. The third-order valence-electron chi connectivity index (χ3n) is 2.75. The molecule has 0 radical (unpaired) electrons. The van der Waals surface area contributed by atoms with Gasteiger partial charge in [0, 0.05) is 0 Å². The van der Waals surface area contributed by atoms with Crippen LogP contribution in [0.2, 0.25) is 0 Å². The van der Waals surface area contributed by atoms with Crippen molar-refractivity contribution in [3.8, 4) is 0 Å². The summed E-state index contributed by atoms with van der Waals surface area (Å²) < 4.78 is 63.1. The molecule has 0 aliphatic heterocycles. The standard InChI is InChI=1S/C14H16F4N2O4/c1-8(2)24-12(22)20-13(11(21)23-3,14(16,17)18)19-10-7-5-4-6-9(10)15/h4-8,19H,1-3H3,(H,20,22). The quantitative estimate of drug-likeness (QED) is 0.484. The van der Waals surface area contributed by atoms with Gasteiger partial charge in [-0.15, -0.1) is 0 Å². The van der Waals surface area contributed by atoms with Crippen molar-refractivity contribution in [2.45, 2.75) is 31.8 Å². The van der Waals surface area contributed by atoms with Crippen LogP contribution in [0.3, 0.4) is 0 Å². The van der Waals surface area contributed by atoms with Gasteiger partial charge in [0.05, 0.1) is 18.9 Å². The monoisotopic (exact) mass is 352 g/mol. The van der Waals surface area contributed by atoms with E-state index >= 15 is 0 Å². The smallest absolute Gasteiger partial charge is 0.442 e. The number of methoxy groups -OCH3 is 1. The number of carbonyl (C=O) groups is 2. The number of hydrogen-bond donors (Lipinski definition) is 2. The van der Waals surface area contributed by atoms with Gasteiger partial charge >= 0.3 is 23.9 Å². The minimum Gasteiger partial charge on any atom is -0.466 e. The van der Waals surface area contributed by atoms with Crippen LogP contribution in [-0.4, -0.2) is 37.1 Å². The molecule has 1 aromatic rings. The van der Waals surface area contributed by atoms with Crippen molar-refractivity contribution in [3.63, 3.8) is 0 Å². The molecule has 1 amide bonds. The zero-order chi connectivity index (χ0) is 18.5. The number of rotatable bonds is 5. The molecule has 0 bridgehead atoms. The van der Waals surface area contributed by atoms with Crippen molar-refractivity contribution in [3.05, 3.63) is 30.1 Å². The van der Waals surface area contributed by atoms with Crippen LogP contribution >= 0.6 is 0 Å². The van der Waals surface area contributed by atoms with Gasteiger partial charge in [-0.1, -0.05) is 12.1 Å². The fourth-order valence-electron chi connectivity index (χ4n) is 1.71. The zero-order valence-corrected chi connectivity index (χ0v) is 13.0. The van der Waals surface area contributed by atoms with E-state index in [-0.39, 0.29) is 0 Å². The normalized spacial score (nSPS) is 13.8. The van der Waals surface area contributed by atoms with Gasteiger partial charge in [-0.2, -0.15) is 13.2 Å². The summed E-state index contributed by atoms with van der Waals surface area (Å²) in [6, 6.07) is 4.34. The highest BCUT2D eigenvalue weighted by Crippen LogP contribution is 2.33. The van der Waals surface area contributed by atoms with Crippen molar-refractivity contribution in [1.29, 1.82) is 0 Å². The van der Waals surface area contributed by atoms with Crippen LogP contribution in [-0.2, 0) is 14.3 Å². The Labute approximate surface area is 135 Å². The van der Waals surface area contributed by atoms with E-state index in [0.29, 0.717) is 7.11 Å². The van der Waals surface area contributed by atoms with Gasteiger partial charge < -0.3 is 14.8 Å². The number of hydrogen-bond acceptors (Lipinski definition) is 5. The van der Waals surface area contributed by atoms with E-state index in [1.807, 2.05) is 0 Å². The average molecular weight is 352 g/mol. The number of halogens is 4. The van der Waals surface area contributed by atoms with Crippen LogP contribution in [0.15, 0.2) is 24.3 Å². The number of esters is 1. The molecule has 2 N–H and O–H groups in total. The summed E-state index contributed by atoms with van der Waals surface area (Å²) in [5.41, 5.74) is -4.39. The first-order chi connectivity index (χ1) is 11.0. The van der Waals surface area contributed by atoms with Crippen molar-refractivity contribution in [1.82, 2.24) is 5.32 Å². The van der Waals surface area contributed by atoms with Crippen molar-refractivity contribution < 1.29 is 36.6 Å². The summed E-state index contributed by atoms with van der Waals surface area (Å²) in [5.74, 6) is -2.95. The van der Waals surface area contributed by atoms with Gasteiger partial charge in [-0.05, 0) is 26.0 Å². The molecule has 1 aromatic carbocycles. The molecule has 0 fully saturated rings. The number of amides is 1. The molecular weight excluding hydrogens is 336 g/mol. The van der Waals surface area contributed by atoms with Crippen molar-refractivity contribution in [2.75, 3.05) is 12.4 Å². The fraction of sp³-hybridized carbons (Fsp3) is 0.429. The second-order valence-corrected chi connectivity index (χ2v) is 4.92. The molecule has 0 aromatic heterocycles. The number of alkyl carbamates (subject to hydrolysis) is 1. The highest BCUT2D eigenvalue weighted by atomic mass is 19.4. The lowest BCUT2D eigenvalue weighted by Crippen LogP contribution is -2.69. The molecule has 1 rings (SSSR count). The SMILES string of the molecule is COC(=O)C(NC(=O)OC(C)C)(Nc1ccccc1F)C(F)(F)F. The molecular formula is C14H16F4N2O4. The molecule has 0 saturated heterocycles. The van der Waals surface area contributed by atoms with Crippen LogP contribution in [0, 0.1) is 5.82 Å². The maximum absolute atomic E-state index is 13.7. The lowest BCUT2D eigenvalue weighted by molar-refractivity contribution is -0.204. The number of benzene rings is 1. The van der Waals surface area contributed by atoms with Gasteiger partial charge in [-0.3, -0.25) is 5.32 Å². The van der Waals surface area contributed by atoms with Gasteiger partial charge in [0.1, 0.15) is 5.82 Å². The van der Waals surface area contributed by atoms with Crippen LogP contribution in [0.5, 0.6) is 0 Å². The van der Waals surface area contributed by atoms with Crippen molar-refractivity contribution in [2.24, 2.45) is 0 Å². The molecule has 24 heavy (non-hydrogen) atoms. The average Bonchev–Trinajstić information content (AvgIpc) is 2.45. The summed E-state index contributed by atoms with van der Waals surface area (Å²) in [7, 11) is 0.696. The third kappa shape index (κ3) is 4.27. The third-order valence-corrected chi connectivity index (χ3v) is 2.75. The topological polar surface area (TPSA) is 76.7 Å². The number of anilines is 1. The van der Waals surface area contributed by atoms with Crippen LogP contribution in [0.25, 0.3) is 0 Å². The minimum absolute atomic E-state index is 0.662. The molecule has 6 nitrogen and oxygen atoms in total. The number of nitrogens with one attached hydrogen (secondary N) is 2. The van der Waals surface area contributed by atoms with Gasteiger partial charge in [0.25, 0.3) is 0 Å². The lowest BCUT2D eigenvalue weighted by atomic mass is 10.1. The van der Waals surface area contributed by atoms with E-state index < -0.39 is 41.5 Å². The summed E-state index contributed by atoms with van der Waals surface area (Å²) in [6.45, 7) is 2.80. The van der Waals surface area contributed by atoms with E-state index in [9.17, 15) is 27.2 Å². The largest absolute Gasteiger partial charge is 0.466 e. The van der Waals surface area contributed by atoms with E-state index in [1.54, 1.807) is 5.32 Å². The maximum atomic E-state index is 13.7. The summed E-state index contributed by atoms with van der Waals surface area (Å²) in [5, 5.41) is 3.06. The maximum Gasteiger partial charge on any atom is 0.442 e. The number of carbonyl (C=O) groups excluding carboxylic acids is 2. The molecule has 134 valence electrons. The van der Waals surface area contributed by atoms with E-state index in [4.69, 9.17) is 0 Å². The molecule has 0 aliphatic carbocycles. The minimum atomic E-state index is -5.36. The summed E-state index contributed by atoms with van der Waals surface area (Å²) in [6.07, 6.45) is -7.64. The predicted octanol–water partition coefficient (Wildman–Crippen LogP) is 2.80. The first-order valence-electron chi connectivity index (χ1n) is 6.70. The van der Waals surface area contributed by atoms with E-state index in [0.717, 1.165) is 12.1 Å². The summed E-state index contributed by atoms with van der Waals surface area (Å²) >= 11 is 0. The Morgan fingerprint density at radius 3 is 2.21 bits per heavy atom. The summed E-state index contributed by atoms with van der Waals surface area (Å²) in [4.78, 5) is 23.5. The van der Waals surface area contributed by atoms with Gasteiger partial charge in [0.2, 0.25) is 0 Å². The van der Waals surface area contributed by atoms with Crippen LogP contribution in [0.1, 0.15) is 13.8 Å². The predicted molar refractivity (Wildman–Crippen MR) is 75.6 cm³/mol. The Morgan fingerprint density at radius 1 is 1.17 bits per heavy atom. The Bertz CT molecular complexity index is 607. The molecule has 0 saturated carbocycles. The first-order valence-corrected chi connectivity index (χ1v) is 6.70. The highest BCUT2D eigenvalue weighted by molar-refractivity contribution is 5.89. The van der Waals surface area contributed by atoms with Crippen molar-refractivity contribution >= 4 is 17.7 Å². The Hall–Kier alpha value is -2.52. The van der Waals surface area contributed by atoms with Crippen LogP contribution < -0.4 is 10.6 Å². The van der Waals surface area contributed by atoms with E-state index in [2.05, 4.69) is 9.47 Å². The number of ether oxygens (including phenoxy) is 2. The second kappa shape index (κ2) is 7.37. The molecule has 0 heterocycles. The molecule has 0 aliphatic rings. The van der Waals surface area contributed by atoms with Crippen LogP contribution in [0.4, 0.5) is 28.0 Å². The number of para-hydroxylation sites is 1. The Kier molecular flexibility index (Phi) is 5.99. The van der Waals surface area contributed by atoms with E-state index in [1.165, 1.54) is 31.3 Å². The molecule has 1 unspecified atom stereocenters. The zero-order valence-electron chi connectivity index (χ0n) is 13.0. The lowest BCUT2D eigenvalue weighted by Gasteiger charge is -2.34. The fourth-order valence-corrected chi connectivity index (χ4v) is 1.71.